The van der Waals surface area contributed by atoms with Crippen LogP contribution in [0, 0.1) is 6.92 Å². The van der Waals surface area contributed by atoms with E-state index in [4.69, 9.17) is 4.74 Å². The minimum absolute atomic E-state index is 0.100. The highest BCUT2D eigenvalue weighted by Crippen LogP contribution is 2.25. The predicted octanol–water partition coefficient (Wildman–Crippen LogP) is 2.58. The summed E-state index contributed by atoms with van der Waals surface area (Å²) < 4.78 is 32.7. The lowest BCUT2D eigenvalue weighted by atomic mass is 10.0. The van der Waals surface area contributed by atoms with Crippen molar-refractivity contribution in [3.05, 3.63) is 65.2 Å². The Morgan fingerprint density at radius 1 is 1.03 bits per heavy atom. The number of nitrogens with one attached hydrogen (secondary N) is 1. The van der Waals surface area contributed by atoms with Crippen LogP contribution in [0.2, 0.25) is 0 Å². The molecule has 0 radical (unpaired) electrons. The normalized spacial score (nSPS) is 19.0. The molecule has 32 heavy (non-hydrogen) atoms. The number of ether oxygens (including phenoxy) is 1. The van der Waals surface area contributed by atoms with Crippen molar-refractivity contribution in [1.29, 1.82) is 0 Å². The maximum absolute atomic E-state index is 13.1. The van der Waals surface area contributed by atoms with Crippen LogP contribution in [0.25, 0.3) is 0 Å². The molecular formula is C24H31N3O4S. The van der Waals surface area contributed by atoms with Crippen LogP contribution in [0.5, 0.6) is 0 Å². The van der Waals surface area contributed by atoms with Gasteiger partial charge >= 0.3 is 0 Å². The van der Waals surface area contributed by atoms with E-state index in [9.17, 15) is 13.2 Å². The van der Waals surface area contributed by atoms with Crippen molar-refractivity contribution >= 4 is 15.9 Å². The molecule has 8 heteroatoms. The lowest BCUT2D eigenvalue weighted by molar-refractivity contribution is 0.0730. The Balaban J connectivity index is 1.51. The van der Waals surface area contributed by atoms with E-state index in [0.717, 1.165) is 31.5 Å². The fourth-order valence-corrected chi connectivity index (χ4v) is 5.85. The first kappa shape index (κ1) is 22.9. The van der Waals surface area contributed by atoms with Gasteiger partial charge in [-0.3, -0.25) is 9.69 Å². The summed E-state index contributed by atoms with van der Waals surface area (Å²) in [4.78, 5) is 15.7. The minimum Gasteiger partial charge on any atom is -0.379 e. The molecule has 0 aromatic heterocycles. The second-order valence-corrected chi connectivity index (χ2v) is 10.3. The van der Waals surface area contributed by atoms with E-state index in [1.807, 2.05) is 25.1 Å². The summed E-state index contributed by atoms with van der Waals surface area (Å²) in [6.07, 6.45) is 2.33. The van der Waals surface area contributed by atoms with Crippen LogP contribution in [0.4, 0.5) is 0 Å². The molecule has 2 aromatic rings. The summed E-state index contributed by atoms with van der Waals surface area (Å²) in [6, 6.07) is 15.1. The van der Waals surface area contributed by atoms with Crippen LogP contribution in [0.1, 0.15) is 40.4 Å². The third-order valence-corrected chi connectivity index (χ3v) is 8.18. The van der Waals surface area contributed by atoms with Crippen molar-refractivity contribution in [2.45, 2.75) is 30.7 Å². The number of morpholine rings is 1. The summed E-state index contributed by atoms with van der Waals surface area (Å²) in [5.41, 5.74) is 2.32. The largest absolute Gasteiger partial charge is 0.379 e. The Hall–Kier alpha value is -2.26. The highest BCUT2D eigenvalue weighted by Gasteiger charge is 2.28. The number of hydrogen-bond donors (Lipinski definition) is 1. The Morgan fingerprint density at radius 2 is 1.72 bits per heavy atom. The standard InChI is InChI=1S/C24H31N3O4S/c1-19-9-10-21(32(29,30)27-13-15-31-16-14-27)17-22(19)24(28)25-18-23(26-11-5-6-12-26)20-7-3-2-4-8-20/h2-4,7-10,17,23H,5-6,11-16,18H2,1H3,(H,25,28). The molecule has 2 saturated heterocycles. The number of sulfonamides is 1. The molecule has 7 nitrogen and oxygen atoms in total. The van der Waals surface area contributed by atoms with Crippen molar-refractivity contribution in [2.75, 3.05) is 45.9 Å². The smallest absolute Gasteiger partial charge is 0.251 e. The molecule has 0 aliphatic carbocycles. The van der Waals surface area contributed by atoms with Crippen LogP contribution >= 0.6 is 0 Å². The summed E-state index contributed by atoms with van der Waals surface area (Å²) in [5.74, 6) is -0.248. The topological polar surface area (TPSA) is 78.9 Å². The van der Waals surface area contributed by atoms with Crippen LogP contribution in [0.15, 0.2) is 53.4 Å². The van der Waals surface area contributed by atoms with Gasteiger partial charge in [-0.15, -0.1) is 0 Å². The van der Waals surface area contributed by atoms with Crippen molar-refractivity contribution < 1.29 is 17.9 Å². The highest BCUT2D eigenvalue weighted by molar-refractivity contribution is 7.89. The molecule has 1 atom stereocenters. The minimum atomic E-state index is -3.66. The number of aryl methyl sites for hydroxylation is 1. The van der Waals surface area contributed by atoms with Gasteiger partial charge in [-0.1, -0.05) is 36.4 Å². The average Bonchev–Trinajstić information content (AvgIpc) is 3.35. The molecule has 1 N–H and O–H groups in total. The number of carbonyl (C=O) groups excluding carboxylic acids is 1. The molecule has 1 amide bonds. The third-order valence-electron chi connectivity index (χ3n) is 6.28. The number of amides is 1. The van der Waals surface area contributed by atoms with Gasteiger partial charge in [-0.2, -0.15) is 4.31 Å². The molecule has 0 bridgehead atoms. The van der Waals surface area contributed by atoms with Crippen LogP contribution in [-0.4, -0.2) is 69.5 Å². The zero-order chi connectivity index (χ0) is 22.6. The lowest BCUT2D eigenvalue weighted by Gasteiger charge is -2.28. The monoisotopic (exact) mass is 457 g/mol. The summed E-state index contributed by atoms with van der Waals surface area (Å²) >= 11 is 0. The Bertz CT molecular complexity index is 1030. The van der Waals surface area contributed by atoms with E-state index in [2.05, 4.69) is 22.3 Å². The average molecular weight is 458 g/mol. The number of benzene rings is 2. The molecule has 4 rings (SSSR count). The van der Waals surface area contributed by atoms with Gasteiger partial charge in [0, 0.05) is 25.2 Å². The molecule has 2 heterocycles. The zero-order valence-corrected chi connectivity index (χ0v) is 19.3. The van der Waals surface area contributed by atoms with Crippen molar-refractivity contribution in [3.63, 3.8) is 0 Å². The Labute approximate surface area is 190 Å². The van der Waals surface area contributed by atoms with Crippen LogP contribution < -0.4 is 5.32 Å². The van der Waals surface area contributed by atoms with Gasteiger partial charge in [-0.25, -0.2) is 8.42 Å². The summed E-state index contributed by atoms with van der Waals surface area (Å²) in [5, 5.41) is 3.06. The molecule has 2 aliphatic heterocycles. The van der Waals surface area contributed by atoms with Gasteiger partial charge in [0.05, 0.1) is 24.2 Å². The van der Waals surface area contributed by atoms with E-state index in [1.54, 1.807) is 12.1 Å². The highest BCUT2D eigenvalue weighted by atomic mass is 32.2. The molecule has 2 aromatic carbocycles. The van der Waals surface area contributed by atoms with Crippen molar-refractivity contribution in [3.8, 4) is 0 Å². The van der Waals surface area contributed by atoms with Gasteiger partial charge in [0.15, 0.2) is 0 Å². The quantitative estimate of drug-likeness (QED) is 0.691. The van der Waals surface area contributed by atoms with Gasteiger partial charge in [0.1, 0.15) is 0 Å². The van der Waals surface area contributed by atoms with Gasteiger partial charge in [0.25, 0.3) is 5.91 Å². The summed E-state index contributed by atoms with van der Waals surface area (Å²) in [7, 11) is -3.66. The summed E-state index contributed by atoms with van der Waals surface area (Å²) in [6.45, 7) is 5.76. The van der Waals surface area contributed by atoms with Crippen molar-refractivity contribution in [2.24, 2.45) is 0 Å². The van der Waals surface area contributed by atoms with E-state index < -0.39 is 10.0 Å². The first-order valence-electron chi connectivity index (χ1n) is 11.2. The predicted molar refractivity (Wildman–Crippen MR) is 123 cm³/mol. The lowest BCUT2D eigenvalue weighted by Crippen LogP contribution is -2.40. The van der Waals surface area contributed by atoms with Crippen molar-refractivity contribution in [1.82, 2.24) is 14.5 Å². The second kappa shape index (κ2) is 10.1. The van der Waals surface area contributed by atoms with Crippen LogP contribution in [0.3, 0.4) is 0 Å². The second-order valence-electron chi connectivity index (χ2n) is 8.37. The SMILES string of the molecule is Cc1ccc(S(=O)(=O)N2CCOCC2)cc1C(=O)NCC(c1ccccc1)N1CCCC1. The van der Waals surface area contributed by atoms with Crippen LogP contribution in [-0.2, 0) is 14.8 Å². The van der Waals surface area contributed by atoms with Gasteiger partial charge < -0.3 is 10.1 Å². The Kier molecular flexibility index (Phi) is 7.25. The van der Waals surface area contributed by atoms with E-state index in [-0.39, 0.29) is 16.8 Å². The first-order valence-corrected chi connectivity index (χ1v) is 12.7. The fourth-order valence-electron chi connectivity index (χ4n) is 4.41. The molecule has 2 fully saturated rings. The third kappa shape index (κ3) is 5.04. The maximum Gasteiger partial charge on any atom is 0.251 e. The number of nitrogens with zero attached hydrogens (tertiary/aromatic N) is 2. The van der Waals surface area contributed by atoms with E-state index >= 15 is 0 Å². The Morgan fingerprint density at radius 3 is 2.41 bits per heavy atom. The zero-order valence-electron chi connectivity index (χ0n) is 18.5. The maximum atomic E-state index is 13.1. The fraction of sp³-hybridized carbons (Fsp3) is 0.458. The number of hydrogen-bond acceptors (Lipinski definition) is 5. The number of carbonyl (C=O) groups is 1. The first-order chi connectivity index (χ1) is 15.5. The molecule has 2 aliphatic rings. The van der Waals surface area contributed by atoms with E-state index in [1.165, 1.54) is 15.9 Å². The number of rotatable bonds is 7. The molecular weight excluding hydrogens is 426 g/mol. The molecule has 1 unspecified atom stereocenters. The van der Waals surface area contributed by atoms with Gasteiger partial charge in [-0.05, 0) is 56.1 Å². The molecule has 172 valence electrons. The van der Waals surface area contributed by atoms with Gasteiger partial charge in [0.2, 0.25) is 10.0 Å². The molecule has 0 spiro atoms. The number of likely N-dealkylation sites (tertiary alicyclic amines) is 1. The van der Waals surface area contributed by atoms with E-state index in [0.29, 0.717) is 38.4 Å². The molecule has 0 saturated carbocycles.